The maximum atomic E-state index is 12.7. The molecule has 8 heteroatoms. The van der Waals surface area contributed by atoms with Gasteiger partial charge in [-0.3, -0.25) is 9.59 Å². The molecule has 0 radical (unpaired) electrons. The third-order valence-electron chi connectivity index (χ3n) is 3.76. The molecule has 0 N–H and O–H groups in total. The minimum atomic E-state index is -4.25. The number of rotatable bonds is 3. The number of alkyl halides is 3. The van der Waals surface area contributed by atoms with E-state index in [9.17, 15) is 22.8 Å². The molecule has 1 aliphatic rings. The Bertz CT molecular complexity index is 564. The minimum absolute atomic E-state index is 0.0576. The third kappa shape index (κ3) is 3.87. The zero-order valence-electron chi connectivity index (χ0n) is 11.7. The monoisotopic (exact) mass is 322 g/mol. The van der Waals surface area contributed by atoms with Gasteiger partial charge >= 0.3 is 11.0 Å². The van der Waals surface area contributed by atoms with Crippen LogP contribution in [-0.2, 0) is 11.3 Å². The van der Waals surface area contributed by atoms with Crippen LogP contribution in [0.5, 0.6) is 0 Å². The van der Waals surface area contributed by atoms with E-state index in [-0.39, 0.29) is 36.7 Å². The third-order valence-corrected chi connectivity index (χ3v) is 4.64. The lowest BCUT2D eigenvalue weighted by Crippen LogP contribution is -2.44. The van der Waals surface area contributed by atoms with Gasteiger partial charge in [0.05, 0.1) is 5.92 Å². The van der Waals surface area contributed by atoms with Crippen molar-refractivity contribution in [3.8, 4) is 0 Å². The van der Waals surface area contributed by atoms with Crippen LogP contribution in [0.15, 0.2) is 10.2 Å². The minimum Gasteiger partial charge on any atom is -0.342 e. The molecule has 0 spiro atoms. The summed E-state index contributed by atoms with van der Waals surface area (Å²) in [7, 11) is 0. The summed E-state index contributed by atoms with van der Waals surface area (Å²) in [5.41, 5.74) is 0.768. The van der Waals surface area contributed by atoms with Crippen LogP contribution in [0, 0.1) is 12.8 Å². The summed E-state index contributed by atoms with van der Waals surface area (Å²) in [6.07, 6.45) is -3.74. The number of piperidine rings is 1. The molecule has 21 heavy (non-hydrogen) atoms. The van der Waals surface area contributed by atoms with Crippen molar-refractivity contribution in [3.63, 3.8) is 0 Å². The number of amides is 1. The van der Waals surface area contributed by atoms with Gasteiger partial charge in [-0.2, -0.15) is 13.2 Å². The van der Waals surface area contributed by atoms with Gasteiger partial charge < -0.3 is 9.47 Å². The second kappa shape index (κ2) is 6.21. The molecule has 0 aromatic carbocycles. The summed E-state index contributed by atoms with van der Waals surface area (Å²) in [4.78, 5) is 24.7. The average molecular weight is 322 g/mol. The number of likely N-dealkylation sites (tertiary alicyclic amines) is 1. The Hall–Kier alpha value is -1.31. The first kappa shape index (κ1) is 16.1. The van der Waals surface area contributed by atoms with E-state index in [1.54, 1.807) is 12.3 Å². The van der Waals surface area contributed by atoms with Crippen LogP contribution in [0.25, 0.3) is 0 Å². The van der Waals surface area contributed by atoms with Crippen molar-refractivity contribution in [2.24, 2.45) is 5.92 Å². The predicted molar refractivity (Wildman–Crippen MR) is 73.3 cm³/mol. The van der Waals surface area contributed by atoms with Crippen LogP contribution < -0.4 is 4.87 Å². The van der Waals surface area contributed by atoms with Crippen LogP contribution in [0.3, 0.4) is 0 Å². The first-order valence-corrected chi connectivity index (χ1v) is 7.66. The molecule has 4 nitrogen and oxygen atoms in total. The number of carbonyl (C=O) groups is 1. The second-order valence-electron chi connectivity index (χ2n) is 5.27. The SMILES string of the molecule is Cc1csc(=O)n1CCC(=O)N1CCC[C@@H](C(F)(F)F)C1. The lowest BCUT2D eigenvalue weighted by molar-refractivity contribution is -0.188. The summed E-state index contributed by atoms with van der Waals surface area (Å²) in [6, 6.07) is 0. The molecule has 0 bridgehead atoms. The van der Waals surface area contributed by atoms with E-state index in [4.69, 9.17) is 0 Å². The van der Waals surface area contributed by atoms with E-state index in [2.05, 4.69) is 0 Å². The molecule has 1 amide bonds. The molecule has 2 rings (SSSR count). The van der Waals surface area contributed by atoms with Gasteiger partial charge in [-0.05, 0) is 19.8 Å². The maximum absolute atomic E-state index is 12.7. The van der Waals surface area contributed by atoms with Crippen LogP contribution in [0.2, 0.25) is 0 Å². The fraction of sp³-hybridized carbons (Fsp3) is 0.692. The number of thiazole rings is 1. The summed E-state index contributed by atoms with van der Waals surface area (Å²) in [5, 5.41) is 1.70. The van der Waals surface area contributed by atoms with Crippen LogP contribution in [0.1, 0.15) is 25.0 Å². The van der Waals surface area contributed by atoms with E-state index in [1.807, 2.05) is 0 Å². The van der Waals surface area contributed by atoms with E-state index in [0.717, 1.165) is 17.0 Å². The smallest absolute Gasteiger partial charge is 0.342 e. The number of aromatic nitrogens is 1. The van der Waals surface area contributed by atoms with Gasteiger partial charge in [-0.1, -0.05) is 11.3 Å². The number of halogens is 3. The topological polar surface area (TPSA) is 42.3 Å². The van der Waals surface area contributed by atoms with Crippen LogP contribution in [0.4, 0.5) is 13.2 Å². The van der Waals surface area contributed by atoms with Gasteiger partial charge in [-0.25, -0.2) is 0 Å². The van der Waals surface area contributed by atoms with Gasteiger partial charge in [0.2, 0.25) is 5.91 Å². The largest absolute Gasteiger partial charge is 0.393 e. The van der Waals surface area contributed by atoms with Gasteiger partial charge in [0.25, 0.3) is 0 Å². The Morgan fingerprint density at radius 1 is 1.48 bits per heavy atom. The highest BCUT2D eigenvalue weighted by atomic mass is 32.1. The number of nitrogens with zero attached hydrogens (tertiary/aromatic N) is 2. The van der Waals surface area contributed by atoms with E-state index >= 15 is 0 Å². The van der Waals surface area contributed by atoms with Crippen molar-refractivity contribution in [1.29, 1.82) is 0 Å². The van der Waals surface area contributed by atoms with Crippen molar-refractivity contribution in [2.45, 2.75) is 38.9 Å². The first-order chi connectivity index (χ1) is 9.79. The number of carbonyl (C=O) groups excluding carboxylic acids is 1. The predicted octanol–water partition coefficient (Wildman–Crippen LogP) is 2.41. The maximum Gasteiger partial charge on any atom is 0.393 e. The van der Waals surface area contributed by atoms with E-state index in [1.165, 1.54) is 9.47 Å². The number of hydrogen-bond acceptors (Lipinski definition) is 3. The normalized spacial score (nSPS) is 19.8. The lowest BCUT2D eigenvalue weighted by Gasteiger charge is -2.33. The number of hydrogen-bond donors (Lipinski definition) is 0. The van der Waals surface area contributed by atoms with E-state index < -0.39 is 12.1 Å². The molecular weight excluding hydrogens is 305 g/mol. The van der Waals surface area contributed by atoms with Crippen molar-refractivity contribution in [1.82, 2.24) is 9.47 Å². The quantitative estimate of drug-likeness (QED) is 0.858. The summed E-state index contributed by atoms with van der Waals surface area (Å²) in [5.74, 6) is -1.75. The second-order valence-corrected chi connectivity index (χ2v) is 6.09. The van der Waals surface area contributed by atoms with E-state index in [0.29, 0.717) is 13.0 Å². The Morgan fingerprint density at radius 2 is 2.19 bits per heavy atom. The fourth-order valence-electron chi connectivity index (χ4n) is 2.51. The molecule has 1 aliphatic heterocycles. The van der Waals surface area contributed by atoms with Crippen molar-refractivity contribution >= 4 is 17.2 Å². The molecule has 118 valence electrons. The molecule has 1 aromatic rings. The van der Waals surface area contributed by atoms with Gasteiger partial charge in [-0.15, -0.1) is 0 Å². The highest BCUT2D eigenvalue weighted by Crippen LogP contribution is 2.33. The Morgan fingerprint density at radius 3 is 2.76 bits per heavy atom. The molecule has 1 saturated heterocycles. The molecule has 1 aromatic heterocycles. The molecular formula is C13H17F3N2O2S. The van der Waals surface area contributed by atoms with Gasteiger partial charge in [0.15, 0.2) is 0 Å². The van der Waals surface area contributed by atoms with Crippen molar-refractivity contribution in [2.75, 3.05) is 13.1 Å². The lowest BCUT2D eigenvalue weighted by atomic mass is 9.97. The van der Waals surface area contributed by atoms with Gasteiger partial charge in [0.1, 0.15) is 0 Å². The number of aryl methyl sites for hydroxylation is 1. The van der Waals surface area contributed by atoms with Crippen LogP contribution >= 0.6 is 11.3 Å². The Kier molecular flexibility index (Phi) is 4.75. The molecule has 1 atom stereocenters. The fourth-order valence-corrected chi connectivity index (χ4v) is 3.27. The first-order valence-electron chi connectivity index (χ1n) is 6.78. The standard InChI is InChI=1S/C13H17F3N2O2S/c1-9-8-21-12(20)18(9)6-4-11(19)17-5-2-3-10(7-17)13(14,15)16/h8,10H,2-7H2,1H3/t10-/m1/s1. The Labute approximate surface area is 124 Å². The zero-order valence-corrected chi connectivity index (χ0v) is 12.5. The highest BCUT2D eigenvalue weighted by Gasteiger charge is 2.42. The van der Waals surface area contributed by atoms with Gasteiger partial charge in [0, 0.05) is 37.1 Å². The van der Waals surface area contributed by atoms with Crippen LogP contribution in [-0.4, -0.2) is 34.6 Å². The molecule has 0 saturated carbocycles. The summed E-state index contributed by atoms with van der Waals surface area (Å²) in [6.45, 7) is 2.09. The van der Waals surface area contributed by atoms with Crippen molar-refractivity contribution in [3.05, 3.63) is 20.7 Å². The molecule has 0 unspecified atom stereocenters. The molecule has 2 heterocycles. The molecule has 0 aliphatic carbocycles. The van der Waals surface area contributed by atoms with Crippen molar-refractivity contribution < 1.29 is 18.0 Å². The summed E-state index contributed by atoms with van der Waals surface area (Å²) >= 11 is 1.06. The summed E-state index contributed by atoms with van der Waals surface area (Å²) < 4.78 is 39.6. The molecule has 1 fully saturated rings. The zero-order chi connectivity index (χ0) is 15.6. The average Bonchev–Trinajstić information content (AvgIpc) is 2.75. The highest BCUT2D eigenvalue weighted by molar-refractivity contribution is 7.07. The Balaban J connectivity index is 1.93.